The van der Waals surface area contributed by atoms with E-state index in [4.69, 9.17) is 0 Å². The molecule has 0 fully saturated rings. The van der Waals surface area contributed by atoms with Crippen molar-refractivity contribution in [1.82, 2.24) is 9.97 Å². The monoisotopic (exact) mass is 224 g/mol. The molecular formula is C14H28N2. The van der Waals surface area contributed by atoms with E-state index in [2.05, 4.69) is 23.8 Å². The molecule has 0 unspecified atom stereocenters. The normalized spacial score (nSPS) is 8.75. The Hall–Kier alpha value is -0.920. The highest BCUT2D eigenvalue weighted by atomic mass is 14.8. The Morgan fingerprint density at radius 3 is 1.75 bits per heavy atom. The van der Waals surface area contributed by atoms with Gasteiger partial charge in [0.05, 0.1) is 11.4 Å². The number of hydrogen-bond acceptors (Lipinski definition) is 2. The predicted octanol–water partition coefficient (Wildman–Crippen LogP) is 4.74. The third-order valence-corrected chi connectivity index (χ3v) is 2.29. The van der Waals surface area contributed by atoms with Crippen LogP contribution >= 0.6 is 0 Å². The summed E-state index contributed by atoms with van der Waals surface area (Å²) >= 11 is 0. The average molecular weight is 224 g/mol. The largest absolute Gasteiger partial charge is 0.258 e. The smallest absolute Gasteiger partial charge is 0.0646 e. The van der Waals surface area contributed by atoms with Gasteiger partial charge in [0, 0.05) is 18.3 Å². The van der Waals surface area contributed by atoms with Gasteiger partial charge in [-0.25, -0.2) is 0 Å². The van der Waals surface area contributed by atoms with Gasteiger partial charge in [-0.15, -0.1) is 0 Å². The van der Waals surface area contributed by atoms with Crippen LogP contribution < -0.4 is 0 Å². The van der Waals surface area contributed by atoms with E-state index < -0.39 is 0 Å². The van der Waals surface area contributed by atoms with Crippen LogP contribution in [0.2, 0.25) is 0 Å². The van der Waals surface area contributed by atoms with Crippen molar-refractivity contribution in [2.24, 2.45) is 0 Å². The summed E-state index contributed by atoms with van der Waals surface area (Å²) in [6.45, 7) is 14.4. The molecule has 1 aromatic heterocycles. The summed E-state index contributed by atoms with van der Waals surface area (Å²) in [5.41, 5.74) is 2.24. The molecule has 1 rings (SSSR count). The molecule has 0 saturated carbocycles. The minimum absolute atomic E-state index is 0.582. The van der Waals surface area contributed by atoms with E-state index >= 15 is 0 Å². The van der Waals surface area contributed by atoms with Gasteiger partial charge in [0.2, 0.25) is 0 Å². The topological polar surface area (TPSA) is 25.8 Å². The maximum atomic E-state index is 4.36. The van der Waals surface area contributed by atoms with E-state index in [1.807, 2.05) is 34.6 Å². The Morgan fingerprint density at radius 2 is 1.38 bits per heavy atom. The molecule has 0 aliphatic carbocycles. The fourth-order valence-corrected chi connectivity index (χ4v) is 1.49. The molecular weight excluding hydrogens is 196 g/mol. The van der Waals surface area contributed by atoms with Gasteiger partial charge in [-0.1, -0.05) is 41.5 Å². The first kappa shape index (κ1) is 17.5. The van der Waals surface area contributed by atoms with Crippen molar-refractivity contribution in [2.45, 2.75) is 67.2 Å². The maximum Gasteiger partial charge on any atom is 0.0646 e. The quantitative estimate of drug-likeness (QED) is 0.741. The molecule has 1 aromatic rings. The predicted molar refractivity (Wildman–Crippen MR) is 72.8 cm³/mol. The number of aryl methyl sites for hydroxylation is 1. The van der Waals surface area contributed by atoms with Crippen molar-refractivity contribution >= 4 is 0 Å². The Labute approximate surface area is 102 Å². The van der Waals surface area contributed by atoms with Crippen LogP contribution in [-0.4, -0.2) is 9.97 Å². The molecule has 0 amide bonds. The standard InChI is InChI=1S/C10H16N2.2C2H6/c1-4-9(5-2)10-8(3)11-6-7-12-10;2*1-2/h6-7,9H,4-5H2,1-3H3;2*1-2H3. The van der Waals surface area contributed by atoms with Crippen molar-refractivity contribution in [1.29, 1.82) is 0 Å². The fraction of sp³-hybridized carbons (Fsp3) is 0.714. The van der Waals surface area contributed by atoms with Gasteiger partial charge < -0.3 is 0 Å². The molecule has 0 aromatic carbocycles. The molecule has 0 aliphatic rings. The number of nitrogens with zero attached hydrogens (tertiary/aromatic N) is 2. The zero-order valence-electron chi connectivity index (χ0n) is 12.0. The van der Waals surface area contributed by atoms with Crippen molar-refractivity contribution < 1.29 is 0 Å². The van der Waals surface area contributed by atoms with Gasteiger partial charge in [0.25, 0.3) is 0 Å². The van der Waals surface area contributed by atoms with Crippen molar-refractivity contribution in [3.63, 3.8) is 0 Å². The zero-order chi connectivity index (χ0) is 13.0. The van der Waals surface area contributed by atoms with Crippen molar-refractivity contribution in [2.75, 3.05) is 0 Å². The molecule has 16 heavy (non-hydrogen) atoms. The van der Waals surface area contributed by atoms with Crippen molar-refractivity contribution in [3.05, 3.63) is 23.8 Å². The second kappa shape index (κ2) is 12.2. The third-order valence-electron chi connectivity index (χ3n) is 2.29. The highest BCUT2D eigenvalue weighted by molar-refractivity contribution is 5.13. The number of rotatable bonds is 3. The summed E-state index contributed by atoms with van der Waals surface area (Å²) in [5.74, 6) is 0.582. The lowest BCUT2D eigenvalue weighted by Crippen LogP contribution is -2.02. The van der Waals surface area contributed by atoms with E-state index in [0.29, 0.717) is 5.92 Å². The minimum atomic E-state index is 0.582. The van der Waals surface area contributed by atoms with Gasteiger partial charge in [-0.05, 0) is 19.8 Å². The van der Waals surface area contributed by atoms with Crippen LogP contribution in [0.5, 0.6) is 0 Å². The van der Waals surface area contributed by atoms with Crippen LogP contribution in [-0.2, 0) is 0 Å². The first-order valence-corrected chi connectivity index (χ1v) is 6.57. The average Bonchev–Trinajstić information content (AvgIpc) is 2.38. The van der Waals surface area contributed by atoms with Crippen LogP contribution in [0.4, 0.5) is 0 Å². The Kier molecular flexibility index (Phi) is 13.3. The van der Waals surface area contributed by atoms with Crippen LogP contribution in [0.25, 0.3) is 0 Å². The summed E-state index contributed by atoms with van der Waals surface area (Å²) in [6, 6.07) is 0. The first-order chi connectivity index (χ1) is 7.79. The molecule has 2 nitrogen and oxygen atoms in total. The molecule has 0 aliphatic heterocycles. The van der Waals surface area contributed by atoms with Crippen LogP contribution in [0.3, 0.4) is 0 Å². The van der Waals surface area contributed by atoms with Gasteiger partial charge in [-0.2, -0.15) is 0 Å². The minimum Gasteiger partial charge on any atom is -0.258 e. The summed E-state index contributed by atoms with van der Waals surface area (Å²) in [4.78, 5) is 8.59. The molecule has 0 spiro atoms. The van der Waals surface area contributed by atoms with E-state index in [9.17, 15) is 0 Å². The molecule has 0 bridgehead atoms. The van der Waals surface area contributed by atoms with E-state index in [1.54, 1.807) is 12.4 Å². The second-order valence-corrected chi connectivity index (χ2v) is 3.04. The van der Waals surface area contributed by atoms with Gasteiger partial charge >= 0.3 is 0 Å². The second-order valence-electron chi connectivity index (χ2n) is 3.04. The van der Waals surface area contributed by atoms with Crippen LogP contribution in [0.1, 0.15) is 71.7 Å². The first-order valence-electron chi connectivity index (χ1n) is 6.57. The van der Waals surface area contributed by atoms with E-state index in [1.165, 1.54) is 5.69 Å². The summed E-state index contributed by atoms with van der Waals surface area (Å²) in [5, 5.41) is 0. The lowest BCUT2D eigenvalue weighted by Gasteiger charge is -2.12. The van der Waals surface area contributed by atoms with E-state index in [0.717, 1.165) is 18.5 Å². The lowest BCUT2D eigenvalue weighted by molar-refractivity contribution is 0.614. The van der Waals surface area contributed by atoms with Gasteiger partial charge in [-0.3, -0.25) is 9.97 Å². The molecule has 2 heteroatoms. The third kappa shape index (κ3) is 5.84. The zero-order valence-corrected chi connectivity index (χ0v) is 12.0. The molecule has 94 valence electrons. The highest BCUT2D eigenvalue weighted by Gasteiger charge is 2.10. The molecule has 0 atom stereocenters. The highest BCUT2D eigenvalue weighted by Crippen LogP contribution is 2.21. The Morgan fingerprint density at radius 1 is 0.938 bits per heavy atom. The van der Waals surface area contributed by atoms with E-state index in [-0.39, 0.29) is 0 Å². The van der Waals surface area contributed by atoms with Crippen LogP contribution in [0.15, 0.2) is 12.4 Å². The fourth-order valence-electron chi connectivity index (χ4n) is 1.49. The molecule has 0 saturated heterocycles. The summed E-state index contributed by atoms with van der Waals surface area (Å²) < 4.78 is 0. The van der Waals surface area contributed by atoms with Crippen LogP contribution in [0, 0.1) is 6.92 Å². The molecule has 0 N–H and O–H groups in total. The molecule has 0 radical (unpaired) electrons. The lowest BCUT2D eigenvalue weighted by atomic mass is 9.98. The Bertz CT molecular complexity index is 242. The number of hydrogen-bond donors (Lipinski definition) is 0. The Balaban J connectivity index is 0. The summed E-state index contributed by atoms with van der Waals surface area (Å²) in [7, 11) is 0. The number of aromatic nitrogens is 2. The maximum absolute atomic E-state index is 4.36. The van der Waals surface area contributed by atoms with Crippen molar-refractivity contribution in [3.8, 4) is 0 Å². The van der Waals surface area contributed by atoms with Gasteiger partial charge in [0.15, 0.2) is 0 Å². The molecule has 1 heterocycles. The van der Waals surface area contributed by atoms with Gasteiger partial charge in [0.1, 0.15) is 0 Å². The summed E-state index contributed by atoms with van der Waals surface area (Å²) in [6.07, 6.45) is 5.83. The SMILES string of the molecule is CC.CC.CCC(CC)c1nccnc1C.